The molecule has 3 rings (SSSR count). The van der Waals surface area contributed by atoms with Crippen LogP contribution in [0.15, 0.2) is 42.5 Å². The van der Waals surface area contributed by atoms with E-state index in [0.29, 0.717) is 33.7 Å². The van der Waals surface area contributed by atoms with Crippen molar-refractivity contribution in [2.45, 2.75) is 19.6 Å². The average molecular weight is 350 g/mol. The molecule has 26 heavy (non-hydrogen) atoms. The van der Waals surface area contributed by atoms with Gasteiger partial charge < -0.3 is 20.1 Å². The molecule has 1 aromatic heterocycles. The van der Waals surface area contributed by atoms with E-state index in [-0.39, 0.29) is 13.2 Å². The summed E-state index contributed by atoms with van der Waals surface area (Å²) in [7, 11) is 0. The zero-order chi connectivity index (χ0) is 18.7. The molecule has 0 fully saturated rings. The van der Waals surface area contributed by atoms with E-state index in [2.05, 4.69) is 4.98 Å². The van der Waals surface area contributed by atoms with E-state index in [0.717, 1.165) is 0 Å². The topological polar surface area (TPSA) is 114 Å². The first-order chi connectivity index (χ1) is 12.5. The van der Waals surface area contributed by atoms with Gasteiger partial charge in [0.15, 0.2) is 0 Å². The second kappa shape index (κ2) is 7.25. The molecule has 3 N–H and O–H groups in total. The summed E-state index contributed by atoms with van der Waals surface area (Å²) in [6, 6.07) is 13.7. The van der Waals surface area contributed by atoms with Crippen LogP contribution in [0.3, 0.4) is 0 Å². The van der Waals surface area contributed by atoms with Gasteiger partial charge in [0.05, 0.1) is 29.3 Å². The quantitative estimate of drug-likeness (QED) is 0.538. The molecule has 0 spiro atoms. The van der Waals surface area contributed by atoms with Gasteiger partial charge in [-0.1, -0.05) is 12.1 Å². The first-order valence-corrected chi connectivity index (χ1v) is 8.13. The Morgan fingerprint density at radius 2 is 2.08 bits per heavy atom. The summed E-state index contributed by atoms with van der Waals surface area (Å²) in [4.78, 5) is 16.5. The third kappa shape index (κ3) is 3.36. The predicted octanol–water partition coefficient (Wildman–Crippen LogP) is 2.13. The Morgan fingerprint density at radius 1 is 1.35 bits per heavy atom. The van der Waals surface area contributed by atoms with Crippen LogP contribution < -0.4 is 5.73 Å². The number of carbonyl (C=O) groups is 1. The van der Waals surface area contributed by atoms with E-state index in [1.54, 1.807) is 54.0 Å². The number of esters is 1. The van der Waals surface area contributed by atoms with Gasteiger partial charge in [-0.3, -0.25) is 4.79 Å². The Morgan fingerprint density at radius 3 is 2.73 bits per heavy atom. The van der Waals surface area contributed by atoms with Crippen LogP contribution in [0.1, 0.15) is 30.0 Å². The van der Waals surface area contributed by atoms with Gasteiger partial charge in [-0.05, 0) is 42.8 Å². The van der Waals surface area contributed by atoms with Gasteiger partial charge in [0.1, 0.15) is 18.5 Å². The molecule has 7 nitrogen and oxygen atoms in total. The number of ether oxygens (including phenoxy) is 1. The number of nitrogens with zero attached hydrogens (tertiary/aromatic N) is 3. The number of hydrogen-bond acceptors (Lipinski definition) is 6. The zero-order valence-electron chi connectivity index (χ0n) is 14.2. The van der Waals surface area contributed by atoms with E-state index < -0.39 is 12.1 Å². The molecule has 0 aliphatic rings. The molecule has 7 heteroatoms. The van der Waals surface area contributed by atoms with Gasteiger partial charge in [0.2, 0.25) is 0 Å². The van der Waals surface area contributed by atoms with E-state index >= 15 is 0 Å². The maximum Gasteiger partial charge on any atom is 0.326 e. The van der Waals surface area contributed by atoms with Crippen LogP contribution >= 0.6 is 0 Å². The number of carbonyl (C=O) groups excluding carboxylic acids is 1. The average Bonchev–Trinajstić information content (AvgIpc) is 2.99. The highest BCUT2D eigenvalue weighted by atomic mass is 16.5. The lowest BCUT2D eigenvalue weighted by Crippen LogP contribution is -2.18. The lowest BCUT2D eigenvalue weighted by molar-refractivity contribution is -0.143. The SMILES string of the molecule is CCOC(=O)Cn1c(C(O)c2ccc(C#N)cc2)nc2ccc(N)cc21. The Bertz CT molecular complexity index is 986. The summed E-state index contributed by atoms with van der Waals surface area (Å²) < 4.78 is 6.63. The molecule has 0 saturated heterocycles. The van der Waals surface area contributed by atoms with Crippen LogP contribution in [0.25, 0.3) is 11.0 Å². The maximum absolute atomic E-state index is 12.0. The number of aromatic nitrogens is 2. The molecule has 0 aliphatic carbocycles. The molecular formula is C19H18N4O3. The highest BCUT2D eigenvalue weighted by Gasteiger charge is 2.22. The van der Waals surface area contributed by atoms with Crippen molar-refractivity contribution in [2.75, 3.05) is 12.3 Å². The third-order valence-corrected chi connectivity index (χ3v) is 3.99. The van der Waals surface area contributed by atoms with Gasteiger partial charge in [-0.2, -0.15) is 5.26 Å². The number of aliphatic hydroxyl groups is 1. The second-order valence-corrected chi connectivity index (χ2v) is 5.75. The largest absolute Gasteiger partial charge is 0.465 e. The summed E-state index contributed by atoms with van der Waals surface area (Å²) in [6.07, 6.45) is -1.06. The van der Waals surface area contributed by atoms with Gasteiger partial charge >= 0.3 is 5.97 Å². The number of hydrogen-bond donors (Lipinski definition) is 2. The number of nitriles is 1. The van der Waals surface area contributed by atoms with Crippen molar-refractivity contribution >= 4 is 22.7 Å². The Hall–Kier alpha value is -3.37. The standard InChI is InChI=1S/C19H18N4O3/c1-2-26-17(24)11-23-16-9-14(21)7-8-15(16)22-19(23)18(25)13-5-3-12(10-20)4-6-13/h3-9,18,25H,2,11,21H2,1H3. The van der Waals surface area contributed by atoms with Crippen molar-refractivity contribution in [1.29, 1.82) is 5.26 Å². The fraction of sp³-hybridized carbons (Fsp3) is 0.211. The van der Waals surface area contributed by atoms with Gasteiger partial charge in [-0.15, -0.1) is 0 Å². The summed E-state index contributed by atoms with van der Waals surface area (Å²) in [5.41, 5.74) is 8.71. The number of nitrogens with two attached hydrogens (primary N) is 1. The molecular weight excluding hydrogens is 332 g/mol. The number of rotatable bonds is 5. The van der Waals surface area contributed by atoms with Gasteiger partial charge in [0, 0.05) is 5.69 Å². The molecule has 1 atom stereocenters. The fourth-order valence-corrected chi connectivity index (χ4v) is 2.76. The Kier molecular flexibility index (Phi) is 4.87. The van der Waals surface area contributed by atoms with E-state index in [1.807, 2.05) is 6.07 Å². The highest BCUT2D eigenvalue weighted by molar-refractivity contribution is 5.82. The monoisotopic (exact) mass is 350 g/mol. The lowest BCUT2D eigenvalue weighted by Gasteiger charge is -2.14. The lowest BCUT2D eigenvalue weighted by atomic mass is 10.1. The third-order valence-electron chi connectivity index (χ3n) is 3.99. The zero-order valence-corrected chi connectivity index (χ0v) is 14.2. The van der Waals surface area contributed by atoms with Crippen LogP contribution in [-0.4, -0.2) is 27.2 Å². The van der Waals surface area contributed by atoms with E-state index in [4.69, 9.17) is 15.7 Å². The van der Waals surface area contributed by atoms with E-state index in [1.165, 1.54) is 0 Å². The summed E-state index contributed by atoms with van der Waals surface area (Å²) in [5.74, 6) is -0.120. The minimum Gasteiger partial charge on any atom is -0.465 e. The first kappa shape index (κ1) is 17.5. The molecule has 1 unspecified atom stereocenters. The fourth-order valence-electron chi connectivity index (χ4n) is 2.76. The molecule has 0 bridgehead atoms. The molecule has 132 valence electrons. The molecule has 0 aliphatic heterocycles. The van der Waals surface area contributed by atoms with Crippen LogP contribution in [0.5, 0.6) is 0 Å². The summed E-state index contributed by atoms with van der Waals surface area (Å²) in [6.45, 7) is 1.91. The molecule has 1 heterocycles. The first-order valence-electron chi connectivity index (χ1n) is 8.13. The maximum atomic E-state index is 12.0. The van der Waals surface area contributed by atoms with Crippen LogP contribution in [0, 0.1) is 11.3 Å². The molecule has 0 saturated carbocycles. The predicted molar refractivity (Wildman–Crippen MR) is 96.0 cm³/mol. The van der Waals surface area contributed by atoms with Gasteiger partial charge in [0.25, 0.3) is 0 Å². The summed E-state index contributed by atoms with van der Waals surface area (Å²) >= 11 is 0. The van der Waals surface area contributed by atoms with E-state index in [9.17, 15) is 9.90 Å². The van der Waals surface area contributed by atoms with Crippen LogP contribution in [0.2, 0.25) is 0 Å². The summed E-state index contributed by atoms with van der Waals surface area (Å²) in [5, 5.41) is 19.7. The number of fused-ring (bicyclic) bond motifs is 1. The number of aliphatic hydroxyl groups excluding tert-OH is 1. The molecule has 3 aromatic rings. The molecule has 0 radical (unpaired) electrons. The Balaban J connectivity index is 2.08. The number of imidazole rings is 1. The van der Waals surface area contributed by atoms with Crippen molar-refractivity contribution in [3.05, 3.63) is 59.4 Å². The van der Waals surface area contributed by atoms with Gasteiger partial charge in [-0.25, -0.2) is 4.98 Å². The van der Waals surface area contributed by atoms with Crippen molar-refractivity contribution in [3.63, 3.8) is 0 Å². The normalized spacial score (nSPS) is 11.9. The van der Waals surface area contributed by atoms with Crippen LogP contribution in [0.4, 0.5) is 5.69 Å². The number of nitrogen functional groups attached to an aromatic ring is 1. The highest BCUT2D eigenvalue weighted by Crippen LogP contribution is 2.27. The Labute approximate surface area is 150 Å². The number of benzene rings is 2. The smallest absolute Gasteiger partial charge is 0.326 e. The molecule has 2 aromatic carbocycles. The van der Waals surface area contributed by atoms with Crippen molar-refractivity contribution in [2.24, 2.45) is 0 Å². The van der Waals surface area contributed by atoms with Crippen LogP contribution in [-0.2, 0) is 16.1 Å². The second-order valence-electron chi connectivity index (χ2n) is 5.75. The molecule has 0 amide bonds. The van der Waals surface area contributed by atoms with Crippen molar-refractivity contribution < 1.29 is 14.6 Å². The van der Waals surface area contributed by atoms with Crippen molar-refractivity contribution in [1.82, 2.24) is 9.55 Å². The minimum atomic E-state index is -1.06. The van der Waals surface area contributed by atoms with Crippen molar-refractivity contribution in [3.8, 4) is 6.07 Å². The number of anilines is 1. The minimum absolute atomic E-state index is 0.0868.